The van der Waals surface area contributed by atoms with E-state index in [1.54, 1.807) is 25.3 Å². The van der Waals surface area contributed by atoms with Crippen molar-refractivity contribution in [1.82, 2.24) is 4.90 Å². The highest BCUT2D eigenvalue weighted by Crippen LogP contribution is 2.59. The number of aldehydes is 1. The summed E-state index contributed by atoms with van der Waals surface area (Å²) in [6, 6.07) is 4.93. The van der Waals surface area contributed by atoms with E-state index in [0.29, 0.717) is 24.8 Å². The van der Waals surface area contributed by atoms with Gasteiger partial charge in [0, 0.05) is 19.6 Å². The molecule has 1 spiro atoms. The molecule has 0 heterocycles. The molecule has 1 unspecified atom stereocenters. The maximum atomic E-state index is 12.8. The molecule has 0 radical (unpaired) electrons. The standard InChI is InChI=1S/C20H27F2N3O3/c1-25(11-17(21)22)18(23)24-20(12-26)16-9-14(27)4-3-13(16)10-19(20)7-5-15(28-2)6-8-19/h3-4,9,12,15,17,27H,5-8,10-11H2,1-2H3,(H2,23,24). The molecule has 8 heteroatoms. The highest BCUT2D eigenvalue weighted by Gasteiger charge is 2.59. The first-order valence-corrected chi connectivity index (χ1v) is 9.43. The molecule has 1 atom stereocenters. The summed E-state index contributed by atoms with van der Waals surface area (Å²) in [7, 11) is 3.10. The van der Waals surface area contributed by atoms with Crippen LogP contribution in [0.2, 0.25) is 0 Å². The predicted octanol–water partition coefficient (Wildman–Crippen LogP) is 2.43. The van der Waals surface area contributed by atoms with Gasteiger partial charge in [-0.1, -0.05) is 6.07 Å². The minimum atomic E-state index is -2.57. The van der Waals surface area contributed by atoms with Crippen LogP contribution in [0.3, 0.4) is 0 Å². The van der Waals surface area contributed by atoms with Gasteiger partial charge >= 0.3 is 0 Å². The molecule has 1 saturated carbocycles. The van der Waals surface area contributed by atoms with Crippen molar-refractivity contribution in [2.45, 2.75) is 50.2 Å². The number of rotatable bonds is 5. The molecule has 0 aliphatic heterocycles. The lowest BCUT2D eigenvalue weighted by atomic mass is 9.62. The highest BCUT2D eigenvalue weighted by molar-refractivity contribution is 5.84. The van der Waals surface area contributed by atoms with E-state index in [-0.39, 0.29) is 17.8 Å². The van der Waals surface area contributed by atoms with E-state index in [9.17, 15) is 18.7 Å². The quantitative estimate of drug-likeness (QED) is 0.454. The molecule has 0 aromatic heterocycles. The number of hydrogen-bond donors (Lipinski definition) is 2. The number of hydrogen-bond acceptors (Lipinski definition) is 4. The SMILES string of the molecule is COC1CCC2(CC1)Cc1ccc(O)cc1C2(C=O)N=C(N)N(C)CC(F)F. The van der Waals surface area contributed by atoms with Gasteiger partial charge in [0.05, 0.1) is 12.6 Å². The van der Waals surface area contributed by atoms with E-state index in [4.69, 9.17) is 10.5 Å². The Morgan fingerprint density at radius 3 is 2.71 bits per heavy atom. The van der Waals surface area contributed by atoms with Crippen LogP contribution in [0.15, 0.2) is 23.2 Å². The van der Waals surface area contributed by atoms with Crippen molar-refractivity contribution < 1.29 is 23.4 Å². The lowest BCUT2D eigenvalue weighted by molar-refractivity contribution is -0.118. The molecule has 0 amide bonds. The molecule has 6 nitrogen and oxygen atoms in total. The molecule has 0 saturated heterocycles. The summed E-state index contributed by atoms with van der Waals surface area (Å²) in [5.74, 6) is -0.0841. The Hall–Kier alpha value is -2.22. The van der Waals surface area contributed by atoms with E-state index in [2.05, 4.69) is 4.99 Å². The van der Waals surface area contributed by atoms with Crippen LogP contribution in [-0.4, -0.2) is 55.5 Å². The number of phenolic OH excluding ortho intramolecular Hbond substituents is 1. The molecule has 154 valence electrons. The number of benzene rings is 1. The fraction of sp³-hybridized carbons (Fsp3) is 0.600. The van der Waals surface area contributed by atoms with Gasteiger partial charge in [0.2, 0.25) is 0 Å². The number of fused-ring (bicyclic) bond motifs is 1. The minimum Gasteiger partial charge on any atom is -0.508 e. The second kappa shape index (κ2) is 7.66. The zero-order chi connectivity index (χ0) is 20.5. The molecule has 2 aliphatic rings. The molecule has 3 N–H and O–H groups in total. The van der Waals surface area contributed by atoms with Gasteiger partial charge < -0.3 is 25.3 Å². The third-order valence-electron chi connectivity index (χ3n) is 6.33. The Balaban J connectivity index is 2.10. The molecule has 0 bridgehead atoms. The van der Waals surface area contributed by atoms with E-state index in [1.807, 2.05) is 0 Å². The number of guanidine groups is 1. The van der Waals surface area contributed by atoms with E-state index < -0.39 is 23.9 Å². The van der Waals surface area contributed by atoms with Gasteiger partial charge in [-0.3, -0.25) is 0 Å². The Kier molecular flexibility index (Phi) is 5.61. The van der Waals surface area contributed by atoms with Crippen molar-refractivity contribution in [3.63, 3.8) is 0 Å². The van der Waals surface area contributed by atoms with Gasteiger partial charge in [-0.2, -0.15) is 0 Å². The smallest absolute Gasteiger partial charge is 0.255 e. The predicted molar refractivity (Wildman–Crippen MR) is 102 cm³/mol. The number of methoxy groups -OCH3 is 1. The summed E-state index contributed by atoms with van der Waals surface area (Å²) in [5, 5.41) is 10.0. The van der Waals surface area contributed by atoms with Crippen LogP contribution in [-0.2, 0) is 21.5 Å². The van der Waals surface area contributed by atoms with Crippen LogP contribution < -0.4 is 5.73 Å². The third-order valence-corrected chi connectivity index (χ3v) is 6.33. The second-order valence-corrected chi connectivity index (χ2v) is 7.86. The monoisotopic (exact) mass is 395 g/mol. The van der Waals surface area contributed by atoms with E-state index in [1.165, 1.54) is 7.05 Å². The number of nitrogens with two attached hydrogens (primary N) is 1. The summed E-state index contributed by atoms with van der Waals surface area (Å²) in [5.41, 5.74) is 5.73. The lowest BCUT2D eigenvalue weighted by Crippen LogP contribution is -2.49. The van der Waals surface area contributed by atoms with Crippen LogP contribution in [0.25, 0.3) is 0 Å². The van der Waals surface area contributed by atoms with Gasteiger partial charge in [-0.05, 0) is 55.4 Å². The summed E-state index contributed by atoms with van der Waals surface area (Å²) in [4.78, 5) is 18.3. The first kappa shape index (κ1) is 20.5. The van der Waals surface area contributed by atoms with Crippen LogP contribution in [0.1, 0.15) is 36.8 Å². The molecule has 1 aromatic carbocycles. The topological polar surface area (TPSA) is 88.1 Å². The van der Waals surface area contributed by atoms with Crippen molar-refractivity contribution in [1.29, 1.82) is 0 Å². The van der Waals surface area contributed by atoms with Crippen LogP contribution in [0.5, 0.6) is 5.75 Å². The normalized spacial score (nSPS) is 29.9. The second-order valence-electron chi connectivity index (χ2n) is 7.86. The number of ether oxygens (including phenoxy) is 1. The van der Waals surface area contributed by atoms with E-state index in [0.717, 1.165) is 29.6 Å². The van der Waals surface area contributed by atoms with Crippen molar-refractivity contribution in [2.75, 3.05) is 20.7 Å². The summed E-state index contributed by atoms with van der Waals surface area (Å²) in [6.07, 6.45) is 1.86. The van der Waals surface area contributed by atoms with Crippen LogP contribution in [0, 0.1) is 5.41 Å². The average molecular weight is 395 g/mol. The van der Waals surface area contributed by atoms with Crippen molar-refractivity contribution in [3.8, 4) is 5.75 Å². The number of phenols is 1. The Bertz CT molecular complexity index is 763. The number of nitrogens with zero attached hydrogens (tertiary/aromatic N) is 2. The lowest BCUT2D eigenvalue weighted by Gasteiger charge is -2.45. The summed E-state index contributed by atoms with van der Waals surface area (Å²) in [6.45, 7) is -0.573. The Morgan fingerprint density at radius 2 is 2.14 bits per heavy atom. The number of carbonyl (C=O) groups excluding carboxylic acids is 1. The maximum Gasteiger partial charge on any atom is 0.255 e. The fourth-order valence-corrected chi connectivity index (χ4v) is 4.76. The van der Waals surface area contributed by atoms with Crippen molar-refractivity contribution >= 4 is 12.2 Å². The molecule has 3 rings (SSSR count). The molecule has 1 aromatic rings. The summed E-state index contributed by atoms with van der Waals surface area (Å²) < 4.78 is 31.1. The number of carbonyl (C=O) groups is 1. The van der Waals surface area contributed by atoms with Gasteiger partial charge in [0.25, 0.3) is 6.43 Å². The van der Waals surface area contributed by atoms with Gasteiger partial charge in [0.1, 0.15) is 5.75 Å². The zero-order valence-electron chi connectivity index (χ0n) is 16.2. The summed E-state index contributed by atoms with van der Waals surface area (Å²) >= 11 is 0. The number of aromatic hydroxyl groups is 1. The van der Waals surface area contributed by atoms with Gasteiger partial charge in [-0.25, -0.2) is 13.8 Å². The molecular formula is C20H27F2N3O3. The third kappa shape index (κ3) is 3.34. The van der Waals surface area contributed by atoms with Crippen molar-refractivity contribution in [2.24, 2.45) is 16.1 Å². The van der Waals surface area contributed by atoms with Crippen LogP contribution >= 0.6 is 0 Å². The molecule has 1 fully saturated rings. The van der Waals surface area contributed by atoms with Crippen LogP contribution in [0.4, 0.5) is 8.78 Å². The molecule has 2 aliphatic carbocycles. The molecular weight excluding hydrogens is 368 g/mol. The number of halogens is 2. The first-order valence-electron chi connectivity index (χ1n) is 9.43. The van der Waals surface area contributed by atoms with Gasteiger partial charge in [0.15, 0.2) is 17.8 Å². The Labute approximate surface area is 163 Å². The molecule has 28 heavy (non-hydrogen) atoms. The largest absolute Gasteiger partial charge is 0.508 e. The highest BCUT2D eigenvalue weighted by atomic mass is 19.3. The minimum absolute atomic E-state index is 0.0299. The van der Waals surface area contributed by atoms with E-state index >= 15 is 0 Å². The zero-order valence-corrected chi connectivity index (χ0v) is 16.2. The fourth-order valence-electron chi connectivity index (χ4n) is 4.76. The number of alkyl halides is 2. The first-order chi connectivity index (χ1) is 13.3. The average Bonchev–Trinajstić information content (AvgIpc) is 2.91. The van der Waals surface area contributed by atoms with Crippen molar-refractivity contribution in [3.05, 3.63) is 29.3 Å². The van der Waals surface area contributed by atoms with Gasteiger partial charge in [-0.15, -0.1) is 0 Å². The Morgan fingerprint density at radius 1 is 1.46 bits per heavy atom. The number of aliphatic imine (C=N–C) groups is 1. The maximum absolute atomic E-state index is 12.8.